The summed E-state index contributed by atoms with van der Waals surface area (Å²) in [7, 11) is 0. The van der Waals surface area contributed by atoms with Crippen LogP contribution in [0.3, 0.4) is 0 Å². The Morgan fingerprint density at radius 3 is 1.38 bits per heavy atom. The van der Waals surface area contributed by atoms with Crippen molar-refractivity contribution in [2.24, 2.45) is 0 Å². The van der Waals surface area contributed by atoms with Crippen LogP contribution in [0, 0.1) is 0 Å². The summed E-state index contributed by atoms with van der Waals surface area (Å²) in [6.07, 6.45) is 0. The van der Waals surface area contributed by atoms with Gasteiger partial charge in [-0.3, -0.25) is 0 Å². The first-order chi connectivity index (χ1) is 7.13. The molecule has 88 valence electrons. The summed E-state index contributed by atoms with van der Waals surface area (Å²) in [5.74, 6) is -2.27. The van der Waals surface area contributed by atoms with Gasteiger partial charge in [0.25, 0.3) is 0 Å². The van der Waals surface area contributed by atoms with Crippen LogP contribution in [-0.2, 0) is 9.59 Å². The minimum absolute atomic E-state index is 0. The van der Waals surface area contributed by atoms with E-state index in [-0.39, 0.29) is 50.8 Å². The summed E-state index contributed by atoms with van der Waals surface area (Å²) in [6, 6.07) is 0. The summed E-state index contributed by atoms with van der Waals surface area (Å²) < 4.78 is 0. The van der Waals surface area contributed by atoms with E-state index in [1.54, 1.807) is 0 Å². The van der Waals surface area contributed by atoms with Crippen molar-refractivity contribution in [2.75, 3.05) is 39.3 Å². The van der Waals surface area contributed by atoms with E-state index in [2.05, 4.69) is 16.0 Å². The number of carboxylic acid groups (broad SMARTS) is 2. The maximum atomic E-state index is 9.97. The van der Waals surface area contributed by atoms with Crippen LogP contribution >= 0.6 is 0 Å². The Morgan fingerprint density at radius 1 is 0.750 bits per heavy atom. The molecule has 0 amide bonds. The molecule has 0 heterocycles. The van der Waals surface area contributed by atoms with Crippen LogP contribution in [0.5, 0.6) is 0 Å². The van der Waals surface area contributed by atoms with Crippen LogP contribution in [-0.4, -0.2) is 88.9 Å². The zero-order valence-corrected chi connectivity index (χ0v) is 11.3. The van der Waals surface area contributed by atoms with Crippen molar-refractivity contribution in [3.05, 3.63) is 0 Å². The van der Waals surface area contributed by atoms with Crippen molar-refractivity contribution in [3.63, 3.8) is 0 Å². The summed E-state index contributed by atoms with van der Waals surface area (Å²) >= 11 is 0. The smallest absolute Gasteiger partial charge is 0.549 e. The van der Waals surface area contributed by atoms with Crippen molar-refractivity contribution >= 4 is 49.7 Å². The fourth-order valence-corrected chi connectivity index (χ4v) is 0.859. The van der Waals surface area contributed by atoms with Crippen molar-refractivity contribution in [3.8, 4) is 0 Å². The minimum atomic E-state index is -1.13. The van der Waals surface area contributed by atoms with E-state index in [4.69, 9.17) is 0 Å². The molecule has 0 saturated carbocycles. The average Bonchev–Trinajstić information content (AvgIpc) is 2.14. The molecule has 8 heteroatoms. The fourth-order valence-electron chi connectivity index (χ4n) is 0.859. The van der Waals surface area contributed by atoms with Gasteiger partial charge in [-0.1, -0.05) is 0 Å². The van der Waals surface area contributed by atoms with E-state index in [0.29, 0.717) is 26.2 Å². The van der Waals surface area contributed by atoms with Crippen LogP contribution < -0.4 is 26.2 Å². The summed E-state index contributed by atoms with van der Waals surface area (Å²) in [4.78, 5) is 19.9. The largest absolute Gasteiger partial charge is 2.00 e. The molecule has 3 N–H and O–H groups in total. The monoisotopic (exact) mass is 257 g/mol. The third-order valence-electron chi connectivity index (χ3n) is 1.50. The van der Waals surface area contributed by atoms with Gasteiger partial charge in [-0.05, 0) is 0 Å². The first kappa shape index (κ1) is 18.4. The first-order valence-corrected chi connectivity index (χ1v) is 4.64. The number of hydrogen-bond donors (Lipinski definition) is 3. The van der Waals surface area contributed by atoms with Crippen molar-refractivity contribution in [2.45, 2.75) is 0 Å². The van der Waals surface area contributed by atoms with Gasteiger partial charge in [0.05, 0.1) is 11.9 Å². The third kappa shape index (κ3) is 16.5. The predicted molar refractivity (Wildman–Crippen MR) is 54.4 cm³/mol. The third-order valence-corrected chi connectivity index (χ3v) is 1.50. The van der Waals surface area contributed by atoms with E-state index >= 15 is 0 Å². The Kier molecular flexibility index (Phi) is 15.2. The standard InChI is InChI=1S/C8H17N3O4.Ca/c12-7(13)5-10-3-1-9-2-4-11-6-8(14)15;/h9-11H,1-6H2,(H,12,13)(H,14,15);/q;+2/p-2. The molecule has 0 aromatic carbocycles. The van der Waals surface area contributed by atoms with Crippen LogP contribution in [0.4, 0.5) is 0 Å². The van der Waals surface area contributed by atoms with Gasteiger partial charge in [-0.15, -0.1) is 0 Å². The van der Waals surface area contributed by atoms with E-state index < -0.39 is 11.9 Å². The second-order valence-corrected chi connectivity index (χ2v) is 2.85. The molecule has 0 spiro atoms. The number of hydrogen-bond acceptors (Lipinski definition) is 7. The maximum absolute atomic E-state index is 9.97. The molecule has 0 unspecified atom stereocenters. The fraction of sp³-hybridized carbons (Fsp3) is 0.750. The summed E-state index contributed by atoms with van der Waals surface area (Å²) in [6.45, 7) is 1.94. The Balaban J connectivity index is 0. The van der Waals surface area contributed by atoms with Gasteiger partial charge in [0.1, 0.15) is 0 Å². The first-order valence-electron chi connectivity index (χ1n) is 4.64. The molecule has 0 aliphatic carbocycles. The second kappa shape index (κ2) is 13.1. The van der Waals surface area contributed by atoms with E-state index in [1.165, 1.54) is 0 Å². The summed E-state index contributed by atoms with van der Waals surface area (Å²) in [5, 5.41) is 28.2. The van der Waals surface area contributed by atoms with E-state index in [0.717, 1.165) is 0 Å². The Morgan fingerprint density at radius 2 is 1.06 bits per heavy atom. The zero-order chi connectivity index (χ0) is 11.5. The molecule has 0 fully saturated rings. The van der Waals surface area contributed by atoms with Gasteiger partial charge in [0.2, 0.25) is 0 Å². The van der Waals surface area contributed by atoms with Crippen LogP contribution in [0.1, 0.15) is 0 Å². The molecule has 7 nitrogen and oxygen atoms in total. The van der Waals surface area contributed by atoms with Gasteiger partial charge in [-0.25, -0.2) is 0 Å². The Labute approximate surface area is 124 Å². The number of carboxylic acids is 2. The van der Waals surface area contributed by atoms with Crippen LogP contribution in [0.25, 0.3) is 0 Å². The molecule has 0 saturated heterocycles. The number of aliphatic carboxylic acids is 2. The molecule has 0 aromatic heterocycles. The van der Waals surface area contributed by atoms with Gasteiger partial charge >= 0.3 is 37.7 Å². The van der Waals surface area contributed by atoms with Gasteiger partial charge in [0, 0.05) is 39.3 Å². The minimum Gasteiger partial charge on any atom is -0.549 e. The van der Waals surface area contributed by atoms with Gasteiger partial charge in [0.15, 0.2) is 0 Å². The number of carbonyl (C=O) groups is 2. The number of nitrogens with one attached hydrogen (secondary N) is 3. The molecular weight excluding hydrogens is 242 g/mol. The van der Waals surface area contributed by atoms with Crippen LogP contribution in [0.15, 0.2) is 0 Å². The normalized spacial score (nSPS) is 9.50. The molecule has 16 heavy (non-hydrogen) atoms. The van der Waals surface area contributed by atoms with Crippen molar-refractivity contribution in [1.29, 1.82) is 0 Å². The quantitative estimate of drug-likeness (QED) is 0.265. The number of rotatable bonds is 10. The van der Waals surface area contributed by atoms with Crippen molar-refractivity contribution < 1.29 is 19.8 Å². The van der Waals surface area contributed by atoms with Crippen LogP contribution in [0.2, 0.25) is 0 Å². The molecule has 0 aliphatic heterocycles. The van der Waals surface area contributed by atoms with Crippen molar-refractivity contribution in [1.82, 2.24) is 16.0 Å². The predicted octanol–water partition coefficient (Wildman–Crippen LogP) is -5.13. The van der Waals surface area contributed by atoms with E-state index in [9.17, 15) is 19.8 Å². The molecule has 0 aliphatic rings. The average molecular weight is 257 g/mol. The maximum Gasteiger partial charge on any atom is 2.00 e. The zero-order valence-electron chi connectivity index (χ0n) is 9.08. The SMILES string of the molecule is O=C([O-])CNCCNCCNCC(=O)[O-].[Ca+2]. The molecule has 0 radical (unpaired) electrons. The molecule has 0 bridgehead atoms. The molecule has 0 atom stereocenters. The molecule has 0 rings (SSSR count). The Bertz CT molecular complexity index is 184. The van der Waals surface area contributed by atoms with Gasteiger partial charge < -0.3 is 35.8 Å². The van der Waals surface area contributed by atoms with Gasteiger partial charge in [-0.2, -0.15) is 0 Å². The molecule has 0 aromatic rings. The Hall–Kier alpha value is 0.0797. The summed E-state index contributed by atoms with van der Waals surface area (Å²) in [5.41, 5.74) is 0. The second-order valence-electron chi connectivity index (χ2n) is 2.85. The molecular formula is C8H15CaN3O4. The number of carbonyl (C=O) groups excluding carboxylic acids is 2. The van der Waals surface area contributed by atoms with E-state index in [1.807, 2.05) is 0 Å². The topological polar surface area (TPSA) is 116 Å².